The zero-order valence-electron chi connectivity index (χ0n) is 16.3. The van der Waals surface area contributed by atoms with Crippen molar-refractivity contribution in [1.29, 1.82) is 0 Å². The smallest absolute Gasteiger partial charge is 0.257 e. The van der Waals surface area contributed by atoms with E-state index in [2.05, 4.69) is 10.3 Å². The van der Waals surface area contributed by atoms with Crippen LogP contribution in [0.2, 0.25) is 10.0 Å². The molecule has 0 bridgehead atoms. The summed E-state index contributed by atoms with van der Waals surface area (Å²) in [7, 11) is -3.42. The van der Waals surface area contributed by atoms with Crippen molar-refractivity contribution < 1.29 is 13.2 Å². The number of carbonyl (C=O) groups is 1. The molecule has 1 amide bonds. The molecule has 4 aromatic rings. The maximum atomic E-state index is 12.7. The molecule has 0 aliphatic rings. The lowest BCUT2D eigenvalue weighted by Crippen LogP contribution is -2.13. The second-order valence-corrected chi connectivity index (χ2v) is 9.77. The number of sulfone groups is 1. The van der Waals surface area contributed by atoms with E-state index in [-0.39, 0.29) is 15.5 Å². The summed E-state index contributed by atoms with van der Waals surface area (Å²) in [4.78, 5) is 17.3. The third kappa shape index (κ3) is 4.42. The second-order valence-electron chi connectivity index (χ2n) is 6.94. The van der Waals surface area contributed by atoms with Gasteiger partial charge in [0.1, 0.15) is 0 Å². The lowest BCUT2D eigenvalue weighted by Gasteiger charge is -2.12. The average Bonchev–Trinajstić information content (AvgIpc) is 2.74. The molecule has 4 rings (SSSR count). The molecule has 31 heavy (non-hydrogen) atoms. The van der Waals surface area contributed by atoms with E-state index in [1.807, 2.05) is 30.3 Å². The Balaban J connectivity index is 1.69. The van der Waals surface area contributed by atoms with E-state index in [9.17, 15) is 13.2 Å². The molecule has 0 unspecified atom stereocenters. The van der Waals surface area contributed by atoms with Crippen LogP contribution < -0.4 is 5.32 Å². The van der Waals surface area contributed by atoms with Gasteiger partial charge in [-0.25, -0.2) is 8.42 Å². The van der Waals surface area contributed by atoms with E-state index in [1.54, 1.807) is 24.4 Å². The van der Waals surface area contributed by atoms with Crippen LogP contribution in [0.15, 0.2) is 77.8 Å². The molecule has 8 heteroatoms. The third-order valence-electron chi connectivity index (χ3n) is 4.77. The van der Waals surface area contributed by atoms with Crippen LogP contribution in [0.5, 0.6) is 0 Å². The molecule has 5 nitrogen and oxygen atoms in total. The summed E-state index contributed by atoms with van der Waals surface area (Å²) in [6.45, 7) is 0. The first-order valence-corrected chi connectivity index (χ1v) is 11.8. The Morgan fingerprint density at radius 2 is 1.71 bits per heavy atom. The highest BCUT2D eigenvalue weighted by molar-refractivity contribution is 7.90. The van der Waals surface area contributed by atoms with Gasteiger partial charge in [0.05, 0.1) is 26.2 Å². The first-order valence-electron chi connectivity index (χ1n) is 9.19. The molecule has 0 aliphatic carbocycles. The summed E-state index contributed by atoms with van der Waals surface area (Å²) in [5, 5.41) is 5.29. The van der Waals surface area contributed by atoms with Gasteiger partial charge < -0.3 is 5.32 Å². The maximum absolute atomic E-state index is 12.7. The predicted molar refractivity (Wildman–Crippen MR) is 125 cm³/mol. The van der Waals surface area contributed by atoms with Crippen molar-refractivity contribution in [2.24, 2.45) is 0 Å². The Morgan fingerprint density at radius 3 is 2.45 bits per heavy atom. The molecule has 1 N–H and O–H groups in total. The van der Waals surface area contributed by atoms with Crippen LogP contribution in [0.1, 0.15) is 10.4 Å². The number of anilines is 1. The summed E-state index contributed by atoms with van der Waals surface area (Å²) in [5.74, 6) is -0.468. The van der Waals surface area contributed by atoms with Crippen molar-refractivity contribution in [2.45, 2.75) is 4.90 Å². The number of rotatable bonds is 4. The Labute approximate surface area is 189 Å². The summed E-state index contributed by atoms with van der Waals surface area (Å²) in [6.07, 6.45) is 2.79. The van der Waals surface area contributed by atoms with Gasteiger partial charge in [-0.2, -0.15) is 0 Å². The van der Waals surface area contributed by atoms with Crippen molar-refractivity contribution in [3.8, 4) is 11.3 Å². The molecule has 0 saturated heterocycles. The van der Waals surface area contributed by atoms with Crippen molar-refractivity contribution in [2.75, 3.05) is 11.6 Å². The topological polar surface area (TPSA) is 76.1 Å². The van der Waals surface area contributed by atoms with Crippen molar-refractivity contribution in [1.82, 2.24) is 4.98 Å². The minimum atomic E-state index is -3.42. The number of hydrogen-bond acceptors (Lipinski definition) is 4. The normalized spacial score (nSPS) is 11.5. The Kier molecular flexibility index (Phi) is 5.71. The largest absolute Gasteiger partial charge is 0.322 e. The lowest BCUT2D eigenvalue weighted by molar-refractivity contribution is 0.102. The van der Waals surface area contributed by atoms with Crippen LogP contribution in [0, 0.1) is 0 Å². The van der Waals surface area contributed by atoms with Gasteiger partial charge in [-0.1, -0.05) is 47.5 Å². The number of fused-ring (bicyclic) bond motifs is 1. The van der Waals surface area contributed by atoms with Crippen molar-refractivity contribution in [3.05, 3.63) is 88.5 Å². The molecular weight excluding hydrogens is 455 g/mol. The summed E-state index contributed by atoms with van der Waals surface area (Å²) in [5.41, 5.74) is 2.04. The Morgan fingerprint density at radius 1 is 0.935 bits per heavy atom. The zero-order valence-corrected chi connectivity index (χ0v) is 18.6. The van der Waals surface area contributed by atoms with Crippen LogP contribution >= 0.6 is 23.2 Å². The van der Waals surface area contributed by atoms with E-state index >= 15 is 0 Å². The Bertz CT molecular complexity index is 1430. The number of pyridine rings is 1. The average molecular weight is 471 g/mol. The van der Waals surface area contributed by atoms with E-state index in [0.717, 1.165) is 17.0 Å². The van der Waals surface area contributed by atoms with Crippen LogP contribution in [-0.4, -0.2) is 25.6 Å². The van der Waals surface area contributed by atoms with Crippen molar-refractivity contribution in [3.63, 3.8) is 0 Å². The molecule has 3 aromatic carbocycles. The second kappa shape index (κ2) is 8.30. The van der Waals surface area contributed by atoms with Gasteiger partial charge in [0, 0.05) is 29.1 Å². The third-order valence-corrected chi connectivity index (χ3v) is 6.52. The molecule has 0 radical (unpaired) electrons. The van der Waals surface area contributed by atoms with Gasteiger partial charge in [0.25, 0.3) is 5.91 Å². The van der Waals surface area contributed by atoms with Gasteiger partial charge >= 0.3 is 0 Å². The van der Waals surface area contributed by atoms with Crippen molar-refractivity contribution >= 4 is 55.4 Å². The molecule has 0 saturated carbocycles. The van der Waals surface area contributed by atoms with Gasteiger partial charge in [-0.3, -0.25) is 9.78 Å². The number of halogens is 2. The maximum Gasteiger partial charge on any atom is 0.257 e. The first kappa shape index (κ1) is 21.3. The molecule has 0 fully saturated rings. The van der Waals surface area contributed by atoms with Gasteiger partial charge in [0.15, 0.2) is 9.84 Å². The lowest BCUT2D eigenvalue weighted by atomic mass is 10.0. The highest BCUT2D eigenvalue weighted by Crippen LogP contribution is 2.34. The number of amides is 1. The molecule has 0 aliphatic heterocycles. The van der Waals surface area contributed by atoms with Gasteiger partial charge in [0.2, 0.25) is 0 Å². The summed E-state index contributed by atoms with van der Waals surface area (Å²) in [6, 6.07) is 18.8. The molecule has 1 heterocycles. The molecule has 0 spiro atoms. The van der Waals surface area contributed by atoms with E-state index in [1.165, 1.54) is 18.2 Å². The molecule has 0 atom stereocenters. The number of nitrogens with one attached hydrogen (secondary N) is 1. The minimum absolute atomic E-state index is 0.0462. The quantitative estimate of drug-likeness (QED) is 0.404. The van der Waals surface area contributed by atoms with Crippen LogP contribution in [-0.2, 0) is 9.84 Å². The number of nitrogens with zero attached hydrogens (tertiary/aromatic N) is 1. The molecule has 156 valence electrons. The van der Waals surface area contributed by atoms with E-state index < -0.39 is 15.7 Å². The predicted octanol–water partition coefficient (Wildman–Crippen LogP) is 5.86. The zero-order chi connectivity index (χ0) is 22.2. The number of carbonyl (C=O) groups excluding carboxylic acids is 1. The minimum Gasteiger partial charge on any atom is -0.322 e. The Hall–Kier alpha value is -2.93. The van der Waals surface area contributed by atoms with E-state index in [0.29, 0.717) is 22.0 Å². The highest BCUT2D eigenvalue weighted by Gasteiger charge is 2.16. The van der Waals surface area contributed by atoms with E-state index in [4.69, 9.17) is 23.2 Å². The summed E-state index contributed by atoms with van der Waals surface area (Å²) < 4.78 is 23.4. The fraction of sp³-hybridized carbons (Fsp3) is 0.0435. The molecular formula is C23H16Cl2N2O3S. The van der Waals surface area contributed by atoms with Crippen LogP contribution in [0.4, 0.5) is 5.69 Å². The fourth-order valence-electron chi connectivity index (χ4n) is 3.23. The number of benzene rings is 3. The number of aromatic nitrogens is 1. The first-order chi connectivity index (χ1) is 14.7. The monoisotopic (exact) mass is 470 g/mol. The summed E-state index contributed by atoms with van der Waals surface area (Å²) >= 11 is 12.6. The number of hydrogen-bond donors (Lipinski definition) is 1. The van der Waals surface area contributed by atoms with Crippen LogP contribution in [0.25, 0.3) is 22.0 Å². The van der Waals surface area contributed by atoms with Crippen LogP contribution in [0.3, 0.4) is 0 Å². The standard InChI is InChI=1S/C23H16Cl2N2O3S/c1-31(29,30)16-7-8-18(21(25)13-16)23(28)27-15-6-9-20(24)19(12-15)22-17-5-3-2-4-14(17)10-11-26-22/h2-13H,1H3,(H,27,28). The van der Waals surface area contributed by atoms with Gasteiger partial charge in [-0.15, -0.1) is 0 Å². The SMILES string of the molecule is CS(=O)(=O)c1ccc(C(=O)Nc2ccc(Cl)c(-c3nccc4ccccc34)c2)c(Cl)c1. The molecule has 1 aromatic heterocycles. The highest BCUT2D eigenvalue weighted by atomic mass is 35.5. The fourth-order valence-corrected chi connectivity index (χ4v) is 4.41. The van der Waals surface area contributed by atoms with Gasteiger partial charge in [-0.05, 0) is 47.9 Å².